The van der Waals surface area contributed by atoms with Crippen LogP contribution in [0.25, 0.3) is 0 Å². The molecule has 1 saturated heterocycles. The summed E-state index contributed by atoms with van der Waals surface area (Å²) in [4.78, 5) is 2.41. The van der Waals surface area contributed by atoms with E-state index in [2.05, 4.69) is 23.3 Å². The van der Waals surface area contributed by atoms with Gasteiger partial charge in [-0.1, -0.05) is 11.6 Å². The highest BCUT2D eigenvalue weighted by Gasteiger charge is 2.20. The Bertz CT molecular complexity index is 423. The highest BCUT2D eigenvalue weighted by molar-refractivity contribution is 6.31. The molecule has 18 heavy (non-hydrogen) atoms. The van der Waals surface area contributed by atoms with E-state index in [1.165, 1.54) is 19.4 Å². The van der Waals surface area contributed by atoms with Crippen molar-refractivity contribution in [1.82, 2.24) is 4.90 Å². The first-order valence-corrected chi connectivity index (χ1v) is 6.78. The number of hydrogen-bond acceptors (Lipinski definition) is 3. The minimum Gasteiger partial charge on any atom is -0.495 e. The van der Waals surface area contributed by atoms with Crippen molar-refractivity contribution < 1.29 is 4.74 Å². The van der Waals surface area contributed by atoms with Gasteiger partial charge in [0.15, 0.2) is 0 Å². The smallest absolute Gasteiger partial charge is 0.143 e. The monoisotopic (exact) mass is 268 g/mol. The molecule has 3 nitrogen and oxygen atoms in total. The zero-order chi connectivity index (χ0) is 13.1. The zero-order valence-corrected chi connectivity index (χ0v) is 12.0. The first kappa shape index (κ1) is 13.5. The Hall–Kier alpha value is -0.930. The standard InChI is InChI=1S/C14H21ClN2O/c1-10-7-13(14(18-3)8-12(10)15)16-9-11-5-4-6-17(11)2/h7-8,11,16H,4-6,9H2,1-3H3. The van der Waals surface area contributed by atoms with Gasteiger partial charge in [0.05, 0.1) is 12.8 Å². The third kappa shape index (κ3) is 2.90. The Morgan fingerprint density at radius 3 is 2.89 bits per heavy atom. The maximum absolute atomic E-state index is 6.10. The summed E-state index contributed by atoms with van der Waals surface area (Å²) in [5.74, 6) is 0.811. The van der Waals surface area contributed by atoms with E-state index in [1.54, 1.807) is 7.11 Å². The Labute approximate surface area is 114 Å². The summed E-state index contributed by atoms with van der Waals surface area (Å²) in [6.07, 6.45) is 2.55. The molecule has 100 valence electrons. The summed E-state index contributed by atoms with van der Waals surface area (Å²) in [7, 11) is 3.86. The van der Waals surface area contributed by atoms with Crippen molar-refractivity contribution in [2.75, 3.05) is 32.6 Å². The Kier molecular flexibility index (Phi) is 4.36. The second-order valence-corrected chi connectivity index (χ2v) is 5.37. The van der Waals surface area contributed by atoms with Gasteiger partial charge in [0, 0.05) is 23.7 Å². The lowest BCUT2D eigenvalue weighted by Gasteiger charge is -2.21. The van der Waals surface area contributed by atoms with Gasteiger partial charge in [-0.05, 0) is 45.0 Å². The van der Waals surface area contributed by atoms with Gasteiger partial charge in [0.25, 0.3) is 0 Å². The summed E-state index contributed by atoms with van der Waals surface area (Å²) >= 11 is 6.10. The minimum absolute atomic E-state index is 0.616. The maximum atomic E-state index is 6.10. The molecule has 0 amide bonds. The lowest BCUT2D eigenvalue weighted by molar-refractivity contribution is 0.322. The number of anilines is 1. The fourth-order valence-electron chi connectivity index (χ4n) is 2.44. The fourth-order valence-corrected chi connectivity index (χ4v) is 2.59. The van der Waals surface area contributed by atoms with E-state index in [0.29, 0.717) is 6.04 Å². The van der Waals surface area contributed by atoms with Gasteiger partial charge >= 0.3 is 0 Å². The van der Waals surface area contributed by atoms with Crippen LogP contribution in [0.3, 0.4) is 0 Å². The molecule has 1 N–H and O–H groups in total. The van der Waals surface area contributed by atoms with E-state index in [0.717, 1.165) is 28.6 Å². The average Bonchev–Trinajstić information content (AvgIpc) is 2.76. The number of ether oxygens (including phenoxy) is 1. The largest absolute Gasteiger partial charge is 0.495 e. The lowest BCUT2D eigenvalue weighted by Crippen LogP contribution is -2.31. The van der Waals surface area contributed by atoms with Crippen LogP contribution in [-0.2, 0) is 0 Å². The minimum atomic E-state index is 0.616. The Morgan fingerprint density at radius 1 is 1.50 bits per heavy atom. The fraction of sp³-hybridized carbons (Fsp3) is 0.571. The van der Waals surface area contributed by atoms with Crippen molar-refractivity contribution in [1.29, 1.82) is 0 Å². The summed E-state index contributed by atoms with van der Waals surface area (Å²) in [5, 5.41) is 4.23. The zero-order valence-electron chi connectivity index (χ0n) is 11.3. The van der Waals surface area contributed by atoms with Crippen molar-refractivity contribution >= 4 is 17.3 Å². The van der Waals surface area contributed by atoms with Crippen LogP contribution in [0.1, 0.15) is 18.4 Å². The SMILES string of the molecule is COc1cc(Cl)c(C)cc1NCC1CCCN1C. The van der Waals surface area contributed by atoms with Crippen LogP contribution in [0.4, 0.5) is 5.69 Å². The van der Waals surface area contributed by atoms with Crippen molar-refractivity contribution in [3.8, 4) is 5.75 Å². The number of hydrogen-bond donors (Lipinski definition) is 1. The number of rotatable bonds is 4. The van der Waals surface area contributed by atoms with Crippen LogP contribution in [0.2, 0.25) is 5.02 Å². The van der Waals surface area contributed by atoms with Crippen LogP contribution < -0.4 is 10.1 Å². The number of benzene rings is 1. The number of likely N-dealkylation sites (tertiary alicyclic amines) is 1. The van der Waals surface area contributed by atoms with Crippen LogP contribution in [-0.4, -0.2) is 38.2 Å². The first-order chi connectivity index (χ1) is 8.61. The molecule has 1 aliphatic heterocycles. The Balaban J connectivity index is 2.06. The van der Waals surface area contributed by atoms with E-state index in [9.17, 15) is 0 Å². The van der Waals surface area contributed by atoms with Crippen LogP contribution in [0.5, 0.6) is 5.75 Å². The molecule has 0 spiro atoms. The normalized spacial score (nSPS) is 20.1. The number of aryl methyl sites for hydroxylation is 1. The van der Waals surface area contributed by atoms with Gasteiger partial charge in [-0.3, -0.25) is 0 Å². The van der Waals surface area contributed by atoms with E-state index in [1.807, 2.05) is 13.0 Å². The van der Waals surface area contributed by atoms with Crippen LogP contribution in [0, 0.1) is 6.92 Å². The molecule has 1 unspecified atom stereocenters. The molecule has 1 atom stereocenters. The molecule has 1 fully saturated rings. The third-order valence-electron chi connectivity index (χ3n) is 3.68. The number of nitrogens with zero attached hydrogens (tertiary/aromatic N) is 1. The summed E-state index contributed by atoms with van der Waals surface area (Å²) in [6.45, 7) is 4.16. The van der Waals surface area contributed by atoms with Gasteiger partial charge in [0.1, 0.15) is 5.75 Å². The van der Waals surface area contributed by atoms with Gasteiger partial charge in [-0.15, -0.1) is 0 Å². The van der Waals surface area contributed by atoms with Crippen molar-refractivity contribution in [2.24, 2.45) is 0 Å². The summed E-state index contributed by atoms with van der Waals surface area (Å²) in [6, 6.07) is 4.54. The third-order valence-corrected chi connectivity index (χ3v) is 4.09. The molecule has 2 rings (SSSR count). The predicted octanol–water partition coefficient (Wildman–Crippen LogP) is 3.16. The number of methoxy groups -OCH3 is 1. The number of halogens is 1. The molecule has 1 aromatic carbocycles. The maximum Gasteiger partial charge on any atom is 0.143 e. The summed E-state index contributed by atoms with van der Waals surface area (Å²) < 4.78 is 5.36. The molecule has 0 bridgehead atoms. The van der Waals surface area contributed by atoms with Crippen LogP contribution >= 0.6 is 11.6 Å². The lowest BCUT2D eigenvalue weighted by atomic mass is 10.2. The van der Waals surface area contributed by atoms with E-state index < -0.39 is 0 Å². The van der Waals surface area contributed by atoms with Crippen molar-refractivity contribution in [3.05, 3.63) is 22.7 Å². The van der Waals surface area contributed by atoms with Gasteiger partial charge in [0.2, 0.25) is 0 Å². The molecule has 0 radical (unpaired) electrons. The van der Waals surface area contributed by atoms with Crippen molar-refractivity contribution in [3.63, 3.8) is 0 Å². The molecular weight excluding hydrogens is 248 g/mol. The molecule has 0 saturated carbocycles. The van der Waals surface area contributed by atoms with Crippen LogP contribution in [0.15, 0.2) is 12.1 Å². The molecule has 4 heteroatoms. The highest BCUT2D eigenvalue weighted by atomic mass is 35.5. The first-order valence-electron chi connectivity index (χ1n) is 6.40. The van der Waals surface area contributed by atoms with Crippen molar-refractivity contribution in [2.45, 2.75) is 25.8 Å². The second-order valence-electron chi connectivity index (χ2n) is 4.96. The second kappa shape index (κ2) is 5.81. The van der Waals surface area contributed by atoms with E-state index in [4.69, 9.17) is 16.3 Å². The van der Waals surface area contributed by atoms with Gasteiger partial charge in [-0.2, -0.15) is 0 Å². The number of likely N-dealkylation sites (N-methyl/N-ethyl adjacent to an activating group) is 1. The molecule has 0 aliphatic carbocycles. The molecule has 1 aromatic rings. The Morgan fingerprint density at radius 2 is 2.28 bits per heavy atom. The van der Waals surface area contributed by atoms with E-state index >= 15 is 0 Å². The molecule has 1 aliphatic rings. The van der Waals surface area contributed by atoms with Gasteiger partial charge in [-0.25, -0.2) is 0 Å². The molecular formula is C14H21ClN2O. The van der Waals surface area contributed by atoms with E-state index in [-0.39, 0.29) is 0 Å². The predicted molar refractivity (Wildman–Crippen MR) is 76.9 cm³/mol. The summed E-state index contributed by atoms with van der Waals surface area (Å²) in [5.41, 5.74) is 2.10. The van der Waals surface area contributed by atoms with Gasteiger partial charge < -0.3 is 15.0 Å². The quantitative estimate of drug-likeness (QED) is 0.908. The average molecular weight is 269 g/mol. The highest BCUT2D eigenvalue weighted by Crippen LogP contribution is 2.31. The number of nitrogens with one attached hydrogen (secondary N) is 1. The molecule has 1 heterocycles. The molecule has 0 aromatic heterocycles. The topological polar surface area (TPSA) is 24.5 Å².